The second kappa shape index (κ2) is 5.23. The number of β-amino-alcohol motifs (C(OH)–C–C–N with tert-alkyl or cyclic N) is 1. The lowest BCUT2D eigenvalue weighted by Gasteiger charge is -2.18. The Labute approximate surface area is 113 Å². The van der Waals surface area contributed by atoms with Crippen molar-refractivity contribution in [2.75, 3.05) is 13.1 Å². The number of hydrogen-bond donors (Lipinski definition) is 1. The third kappa shape index (κ3) is 3.22. The minimum absolute atomic E-state index is 0.0594. The van der Waals surface area contributed by atoms with Crippen molar-refractivity contribution >= 4 is 10.0 Å². The first-order valence-electron chi connectivity index (χ1n) is 5.73. The number of hydrogen-bond acceptors (Lipinski definition) is 4. The summed E-state index contributed by atoms with van der Waals surface area (Å²) >= 11 is 0. The second-order valence-electron chi connectivity index (χ2n) is 4.30. The average Bonchev–Trinajstić information content (AvgIpc) is 2.75. The fourth-order valence-electron chi connectivity index (χ4n) is 1.94. The van der Waals surface area contributed by atoms with E-state index < -0.39 is 33.1 Å². The van der Waals surface area contributed by atoms with Gasteiger partial charge in [-0.3, -0.25) is 0 Å². The highest BCUT2D eigenvalue weighted by Gasteiger charge is 2.37. The van der Waals surface area contributed by atoms with Crippen LogP contribution in [-0.4, -0.2) is 43.4 Å². The first kappa shape index (κ1) is 15.1. The van der Waals surface area contributed by atoms with Crippen LogP contribution >= 0.6 is 0 Å². The molecule has 1 saturated heterocycles. The van der Waals surface area contributed by atoms with Crippen LogP contribution in [0.1, 0.15) is 6.42 Å². The van der Waals surface area contributed by atoms with Gasteiger partial charge in [-0.05, 0) is 18.6 Å². The van der Waals surface area contributed by atoms with Crippen molar-refractivity contribution in [3.8, 4) is 5.75 Å². The van der Waals surface area contributed by atoms with E-state index in [1.54, 1.807) is 0 Å². The van der Waals surface area contributed by atoms with Gasteiger partial charge in [-0.15, -0.1) is 13.2 Å². The van der Waals surface area contributed by atoms with Crippen LogP contribution in [0.25, 0.3) is 0 Å². The molecule has 2 rings (SSSR count). The highest BCUT2D eigenvalue weighted by atomic mass is 32.2. The monoisotopic (exact) mass is 311 g/mol. The number of halogens is 3. The van der Waals surface area contributed by atoms with Gasteiger partial charge in [0.25, 0.3) is 0 Å². The third-order valence-corrected chi connectivity index (χ3v) is 4.72. The van der Waals surface area contributed by atoms with Crippen molar-refractivity contribution < 1.29 is 31.4 Å². The summed E-state index contributed by atoms with van der Waals surface area (Å²) in [5.41, 5.74) is 0. The average molecular weight is 311 g/mol. The van der Waals surface area contributed by atoms with E-state index in [9.17, 15) is 26.7 Å². The lowest BCUT2D eigenvalue weighted by atomic mass is 10.3. The summed E-state index contributed by atoms with van der Waals surface area (Å²) in [5.74, 6) is -0.776. The van der Waals surface area contributed by atoms with Gasteiger partial charge in [0.1, 0.15) is 10.6 Å². The van der Waals surface area contributed by atoms with Crippen LogP contribution in [0.4, 0.5) is 13.2 Å². The number of sulfonamides is 1. The summed E-state index contributed by atoms with van der Waals surface area (Å²) in [4.78, 5) is -0.563. The lowest BCUT2D eigenvalue weighted by Crippen LogP contribution is -2.30. The quantitative estimate of drug-likeness (QED) is 0.915. The topological polar surface area (TPSA) is 66.8 Å². The maximum Gasteiger partial charge on any atom is 0.573 e. The molecule has 1 N–H and O–H groups in total. The molecule has 1 heterocycles. The van der Waals surface area contributed by atoms with E-state index in [1.807, 2.05) is 0 Å². The van der Waals surface area contributed by atoms with E-state index in [2.05, 4.69) is 4.74 Å². The molecule has 1 atom stereocenters. The van der Waals surface area contributed by atoms with E-state index >= 15 is 0 Å². The standard InChI is InChI=1S/C11H12F3NO4S/c12-11(13,14)19-9-3-1-2-4-10(9)20(17,18)15-6-5-8(16)7-15/h1-4,8,16H,5-7H2/t8-/m1/s1. The van der Waals surface area contributed by atoms with E-state index in [0.717, 1.165) is 16.4 Å². The first-order chi connectivity index (χ1) is 9.20. The Bertz CT molecular complexity index is 588. The molecular formula is C11H12F3NO4S. The number of alkyl halides is 3. The van der Waals surface area contributed by atoms with E-state index in [1.165, 1.54) is 12.1 Å². The minimum Gasteiger partial charge on any atom is -0.404 e. The Morgan fingerprint density at radius 3 is 2.50 bits per heavy atom. The normalized spacial score (nSPS) is 21.1. The van der Waals surface area contributed by atoms with Crippen molar-refractivity contribution in [2.24, 2.45) is 0 Å². The molecule has 1 aliphatic rings. The van der Waals surface area contributed by atoms with Gasteiger partial charge in [0.05, 0.1) is 6.10 Å². The van der Waals surface area contributed by atoms with E-state index in [-0.39, 0.29) is 19.5 Å². The summed E-state index contributed by atoms with van der Waals surface area (Å²) in [6, 6.07) is 4.54. The number of para-hydroxylation sites is 1. The molecule has 0 amide bonds. The lowest BCUT2D eigenvalue weighted by molar-refractivity contribution is -0.275. The van der Waals surface area contributed by atoms with Crippen molar-refractivity contribution in [2.45, 2.75) is 23.8 Å². The summed E-state index contributed by atoms with van der Waals surface area (Å²) in [6.07, 6.45) is -5.53. The van der Waals surface area contributed by atoms with Crippen molar-refractivity contribution in [3.05, 3.63) is 24.3 Å². The van der Waals surface area contributed by atoms with Crippen molar-refractivity contribution in [1.82, 2.24) is 4.31 Å². The molecule has 0 spiro atoms. The van der Waals surface area contributed by atoms with Crippen LogP contribution < -0.4 is 4.74 Å². The summed E-state index contributed by atoms with van der Waals surface area (Å²) in [5, 5.41) is 9.35. The molecule has 0 aliphatic carbocycles. The first-order valence-corrected chi connectivity index (χ1v) is 7.17. The molecule has 112 valence electrons. The molecule has 0 bridgehead atoms. The zero-order valence-corrected chi connectivity index (χ0v) is 11.0. The highest BCUT2D eigenvalue weighted by molar-refractivity contribution is 7.89. The smallest absolute Gasteiger partial charge is 0.404 e. The summed E-state index contributed by atoms with van der Waals surface area (Å²) < 4.78 is 66.0. The predicted octanol–water partition coefficient (Wildman–Crippen LogP) is 1.34. The Morgan fingerprint density at radius 2 is 1.95 bits per heavy atom. The molecule has 1 aromatic rings. The molecule has 0 radical (unpaired) electrons. The van der Waals surface area contributed by atoms with Gasteiger partial charge < -0.3 is 9.84 Å². The molecule has 1 aliphatic heterocycles. The number of nitrogens with zero attached hydrogens (tertiary/aromatic N) is 1. The van der Waals surface area contributed by atoms with Gasteiger partial charge in [-0.2, -0.15) is 4.31 Å². The maximum absolute atomic E-state index is 12.3. The van der Waals surface area contributed by atoms with Gasteiger partial charge in [0.2, 0.25) is 10.0 Å². The molecular weight excluding hydrogens is 299 g/mol. The molecule has 1 fully saturated rings. The van der Waals surface area contributed by atoms with Gasteiger partial charge in [-0.1, -0.05) is 12.1 Å². The summed E-state index contributed by atoms with van der Waals surface area (Å²) in [7, 11) is -4.13. The molecule has 5 nitrogen and oxygen atoms in total. The van der Waals surface area contributed by atoms with Gasteiger partial charge in [-0.25, -0.2) is 8.42 Å². The Hall–Kier alpha value is -1.32. The Balaban J connectivity index is 2.37. The molecule has 1 aromatic carbocycles. The van der Waals surface area contributed by atoms with Gasteiger partial charge in [0.15, 0.2) is 0 Å². The molecule has 0 unspecified atom stereocenters. The number of rotatable bonds is 3. The summed E-state index contributed by atoms with van der Waals surface area (Å²) in [6.45, 7) is -0.0768. The molecule has 0 aromatic heterocycles. The zero-order valence-electron chi connectivity index (χ0n) is 10.2. The molecule has 20 heavy (non-hydrogen) atoms. The molecule has 0 saturated carbocycles. The third-order valence-electron chi connectivity index (χ3n) is 2.82. The maximum atomic E-state index is 12.3. The van der Waals surface area contributed by atoms with Crippen LogP contribution in [-0.2, 0) is 10.0 Å². The van der Waals surface area contributed by atoms with Crippen LogP contribution in [0.15, 0.2) is 29.2 Å². The Morgan fingerprint density at radius 1 is 1.30 bits per heavy atom. The van der Waals surface area contributed by atoms with Gasteiger partial charge in [0, 0.05) is 13.1 Å². The van der Waals surface area contributed by atoms with Crippen LogP contribution in [0, 0.1) is 0 Å². The number of aliphatic hydroxyl groups is 1. The second-order valence-corrected chi connectivity index (χ2v) is 6.21. The fraction of sp³-hybridized carbons (Fsp3) is 0.455. The Kier molecular flexibility index (Phi) is 3.94. The molecule has 9 heteroatoms. The predicted molar refractivity (Wildman–Crippen MR) is 62.5 cm³/mol. The van der Waals surface area contributed by atoms with Crippen LogP contribution in [0.2, 0.25) is 0 Å². The van der Waals surface area contributed by atoms with Crippen molar-refractivity contribution in [1.29, 1.82) is 0 Å². The van der Waals surface area contributed by atoms with Crippen LogP contribution in [0.3, 0.4) is 0 Å². The SMILES string of the molecule is O=S(=O)(c1ccccc1OC(F)(F)F)N1CC[C@@H](O)C1. The number of benzene rings is 1. The fourth-order valence-corrected chi connectivity index (χ4v) is 3.55. The highest BCUT2D eigenvalue weighted by Crippen LogP contribution is 2.32. The number of aliphatic hydroxyl groups excluding tert-OH is 1. The largest absolute Gasteiger partial charge is 0.573 e. The number of ether oxygens (including phenoxy) is 1. The van der Waals surface area contributed by atoms with Gasteiger partial charge >= 0.3 is 6.36 Å². The van der Waals surface area contributed by atoms with Crippen molar-refractivity contribution in [3.63, 3.8) is 0 Å². The van der Waals surface area contributed by atoms with E-state index in [4.69, 9.17) is 0 Å². The van der Waals surface area contributed by atoms with Crippen LogP contribution in [0.5, 0.6) is 5.75 Å². The zero-order chi connectivity index (χ0) is 15.0. The van der Waals surface area contributed by atoms with E-state index in [0.29, 0.717) is 0 Å². The minimum atomic E-state index is -4.98.